The third-order valence-electron chi connectivity index (χ3n) is 5.52. The first kappa shape index (κ1) is 24.9. The van der Waals surface area contributed by atoms with Gasteiger partial charge in [0, 0.05) is 15.6 Å². The first-order chi connectivity index (χ1) is 15.9. The average molecular weight is 519 g/mol. The van der Waals surface area contributed by atoms with E-state index in [2.05, 4.69) is 31.1 Å². The Bertz CT molecular complexity index is 1040. The van der Waals surface area contributed by atoms with Crippen molar-refractivity contribution in [2.45, 2.75) is 25.7 Å². The van der Waals surface area contributed by atoms with Crippen LogP contribution in [0, 0.1) is 5.82 Å². The van der Waals surface area contributed by atoms with Crippen molar-refractivity contribution in [2.24, 2.45) is 10.7 Å². The quantitative estimate of drug-likeness (QED) is 0.392. The average Bonchev–Trinajstić information content (AvgIpc) is 3.29. The van der Waals surface area contributed by atoms with Gasteiger partial charge in [0.25, 0.3) is 5.91 Å². The van der Waals surface area contributed by atoms with Crippen molar-refractivity contribution in [3.05, 3.63) is 63.4 Å². The van der Waals surface area contributed by atoms with E-state index in [0.717, 1.165) is 36.0 Å². The van der Waals surface area contributed by atoms with Crippen molar-refractivity contribution in [3.63, 3.8) is 0 Å². The summed E-state index contributed by atoms with van der Waals surface area (Å²) in [6, 6.07) is 9.93. The Labute approximate surface area is 201 Å². The van der Waals surface area contributed by atoms with Gasteiger partial charge in [0.05, 0.1) is 13.7 Å². The molecule has 176 valence electrons. The number of likely N-dealkylation sites (tertiary alicyclic amines) is 1. The van der Waals surface area contributed by atoms with Gasteiger partial charge in [-0.15, -0.1) is 0 Å². The number of hydrogen-bond acceptors (Lipinski definition) is 5. The summed E-state index contributed by atoms with van der Waals surface area (Å²) >= 11 is 3.43. The number of nitrogens with zero attached hydrogens (tertiary/aromatic N) is 2. The molecule has 9 heteroatoms. The molecule has 1 amide bonds. The number of halogens is 2. The summed E-state index contributed by atoms with van der Waals surface area (Å²) in [4.78, 5) is 30.9. The predicted octanol–water partition coefficient (Wildman–Crippen LogP) is 3.09. The van der Waals surface area contributed by atoms with Crippen molar-refractivity contribution < 1.29 is 18.7 Å². The number of carbonyl (C=O) groups is 2. The lowest BCUT2D eigenvalue weighted by molar-refractivity contribution is -0.118. The van der Waals surface area contributed by atoms with Crippen LogP contribution in [0.3, 0.4) is 0 Å². The van der Waals surface area contributed by atoms with E-state index in [9.17, 15) is 14.0 Å². The van der Waals surface area contributed by atoms with Crippen LogP contribution in [-0.2, 0) is 17.6 Å². The zero-order valence-corrected chi connectivity index (χ0v) is 20.2. The maximum Gasteiger partial charge on any atom is 0.258 e. The van der Waals surface area contributed by atoms with Gasteiger partial charge >= 0.3 is 0 Å². The number of rotatable bonds is 9. The second kappa shape index (κ2) is 11.9. The number of Topliss-reactive ketones (excluding diaryl/α,β-unsaturated/α-hetero) is 1. The number of ether oxygens (including phenoxy) is 1. The molecule has 0 saturated carbocycles. The van der Waals surface area contributed by atoms with Crippen LogP contribution >= 0.6 is 15.9 Å². The minimum absolute atomic E-state index is 0.0662. The van der Waals surface area contributed by atoms with Crippen LogP contribution in [-0.4, -0.2) is 55.8 Å². The molecular formula is C24H28BrFN4O3. The number of guanidine groups is 1. The van der Waals surface area contributed by atoms with Crippen molar-refractivity contribution in [2.75, 3.05) is 33.3 Å². The van der Waals surface area contributed by atoms with Crippen LogP contribution in [0.15, 0.2) is 45.9 Å². The SMILES string of the molecule is COc1ccc(Br)cc1CCc1c(F)cccc1C(=O)NC(N)=NCC(=O)CN1CCCC1. The molecule has 3 rings (SSSR count). The van der Waals surface area contributed by atoms with Gasteiger partial charge < -0.3 is 10.5 Å². The second-order valence-electron chi connectivity index (χ2n) is 7.90. The van der Waals surface area contributed by atoms with Crippen LogP contribution in [0.2, 0.25) is 0 Å². The Morgan fingerprint density at radius 3 is 2.70 bits per heavy atom. The zero-order valence-electron chi connectivity index (χ0n) is 18.6. The molecule has 33 heavy (non-hydrogen) atoms. The summed E-state index contributed by atoms with van der Waals surface area (Å²) in [6.07, 6.45) is 2.95. The summed E-state index contributed by atoms with van der Waals surface area (Å²) in [7, 11) is 1.58. The molecule has 3 N–H and O–H groups in total. The van der Waals surface area contributed by atoms with E-state index in [1.807, 2.05) is 18.2 Å². The molecule has 0 radical (unpaired) electrons. The number of hydrogen-bond donors (Lipinski definition) is 2. The number of carbonyl (C=O) groups excluding carboxylic acids is 2. The summed E-state index contributed by atoms with van der Waals surface area (Å²) in [6.45, 7) is 2.05. The number of ketones is 1. The molecule has 0 aliphatic carbocycles. The number of nitrogens with one attached hydrogen (secondary N) is 1. The van der Waals surface area contributed by atoms with E-state index in [0.29, 0.717) is 18.7 Å². The molecule has 1 aliphatic heterocycles. The number of benzene rings is 2. The first-order valence-electron chi connectivity index (χ1n) is 10.8. The Hall–Kier alpha value is -2.78. The normalized spacial score (nSPS) is 14.3. The molecule has 0 atom stereocenters. The molecule has 1 saturated heterocycles. The van der Waals surface area contributed by atoms with Gasteiger partial charge in [-0.05, 0) is 74.7 Å². The Morgan fingerprint density at radius 1 is 1.21 bits per heavy atom. The van der Waals surface area contributed by atoms with Crippen LogP contribution < -0.4 is 15.8 Å². The molecule has 1 heterocycles. The van der Waals surface area contributed by atoms with Gasteiger partial charge in [-0.25, -0.2) is 9.38 Å². The smallest absolute Gasteiger partial charge is 0.258 e. The molecular weight excluding hydrogens is 491 g/mol. The van der Waals surface area contributed by atoms with Crippen LogP contribution in [0.5, 0.6) is 5.75 Å². The molecule has 0 aromatic heterocycles. The highest BCUT2D eigenvalue weighted by Gasteiger charge is 2.18. The fourth-order valence-electron chi connectivity index (χ4n) is 3.86. The number of aryl methyl sites for hydroxylation is 1. The maximum atomic E-state index is 14.6. The van der Waals surface area contributed by atoms with Gasteiger partial charge in [0.2, 0.25) is 0 Å². The standard InChI is InChI=1S/C24H28BrFN4O3/c1-33-22-10-8-17(25)13-16(22)7-9-19-20(5-4-6-21(19)26)23(32)29-24(27)28-14-18(31)15-30-11-2-3-12-30/h4-6,8,10,13H,2-3,7,9,11-12,14-15H2,1H3,(H3,27,28,29,32). The van der Waals surface area contributed by atoms with Crippen LogP contribution in [0.1, 0.15) is 34.3 Å². The lowest BCUT2D eigenvalue weighted by Gasteiger charge is -2.13. The molecule has 0 spiro atoms. The largest absolute Gasteiger partial charge is 0.496 e. The summed E-state index contributed by atoms with van der Waals surface area (Å²) in [5.41, 5.74) is 7.15. The summed E-state index contributed by atoms with van der Waals surface area (Å²) < 4.78 is 20.9. The van der Waals surface area contributed by atoms with E-state index >= 15 is 0 Å². The van der Waals surface area contributed by atoms with E-state index in [1.165, 1.54) is 18.2 Å². The van der Waals surface area contributed by atoms with Crippen LogP contribution in [0.4, 0.5) is 4.39 Å². The lowest BCUT2D eigenvalue weighted by atomic mass is 9.98. The third-order valence-corrected chi connectivity index (χ3v) is 6.01. The van der Waals surface area contributed by atoms with E-state index in [-0.39, 0.29) is 35.8 Å². The molecule has 0 bridgehead atoms. The molecule has 1 fully saturated rings. The lowest BCUT2D eigenvalue weighted by Crippen LogP contribution is -2.38. The number of amides is 1. The fraction of sp³-hybridized carbons (Fsp3) is 0.375. The van der Waals surface area contributed by atoms with Gasteiger partial charge in [-0.3, -0.25) is 19.8 Å². The Kier molecular flexibility index (Phi) is 8.96. The topological polar surface area (TPSA) is 97.0 Å². The minimum Gasteiger partial charge on any atom is -0.496 e. The predicted molar refractivity (Wildman–Crippen MR) is 129 cm³/mol. The monoisotopic (exact) mass is 518 g/mol. The van der Waals surface area contributed by atoms with Crippen molar-refractivity contribution >= 4 is 33.6 Å². The van der Waals surface area contributed by atoms with Gasteiger partial charge in [0.1, 0.15) is 18.1 Å². The van der Waals surface area contributed by atoms with Gasteiger partial charge in [-0.1, -0.05) is 22.0 Å². The van der Waals surface area contributed by atoms with Gasteiger partial charge in [0.15, 0.2) is 11.7 Å². The minimum atomic E-state index is -0.570. The third kappa shape index (κ3) is 7.10. The highest BCUT2D eigenvalue weighted by atomic mass is 79.9. The van der Waals surface area contributed by atoms with E-state index in [4.69, 9.17) is 10.5 Å². The van der Waals surface area contributed by atoms with Crippen molar-refractivity contribution in [1.29, 1.82) is 0 Å². The maximum absolute atomic E-state index is 14.6. The van der Waals surface area contributed by atoms with Crippen LogP contribution in [0.25, 0.3) is 0 Å². The molecule has 2 aromatic carbocycles. The summed E-state index contributed by atoms with van der Waals surface area (Å²) in [5, 5.41) is 2.47. The van der Waals surface area contributed by atoms with E-state index < -0.39 is 11.7 Å². The zero-order chi connectivity index (χ0) is 23.8. The Balaban J connectivity index is 1.65. The molecule has 1 aliphatic rings. The van der Waals surface area contributed by atoms with Gasteiger partial charge in [-0.2, -0.15) is 0 Å². The highest BCUT2D eigenvalue weighted by molar-refractivity contribution is 9.10. The molecule has 0 unspecified atom stereocenters. The van der Waals surface area contributed by atoms with Crippen molar-refractivity contribution in [3.8, 4) is 5.75 Å². The van der Waals surface area contributed by atoms with Crippen molar-refractivity contribution in [1.82, 2.24) is 10.2 Å². The highest BCUT2D eigenvalue weighted by Crippen LogP contribution is 2.25. The van der Waals surface area contributed by atoms with E-state index in [1.54, 1.807) is 7.11 Å². The molecule has 7 nitrogen and oxygen atoms in total. The second-order valence-corrected chi connectivity index (χ2v) is 8.82. The number of methoxy groups -OCH3 is 1. The summed E-state index contributed by atoms with van der Waals surface area (Å²) in [5.74, 6) is -0.593. The number of aliphatic imine (C=N–C) groups is 1. The fourth-order valence-corrected chi connectivity index (χ4v) is 4.27. The molecule has 2 aromatic rings. The Morgan fingerprint density at radius 2 is 1.97 bits per heavy atom. The first-order valence-corrected chi connectivity index (χ1v) is 11.6. The number of nitrogens with two attached hydrogens (primary N) is 1.